The first-order chi connectivity index (χ1) is 8.60. The van der Waals surface area contributed by atoms with Crippen LogP contribution in [0.25, 0.3) is 0 Å². The summed E-state index contributed by atoms with van der Waals surface area (Å²) in [6.45, 7) is 8.11. The van der Waals surface area contributed by atoms with Crippen molar-refractivity contribution in [1.82, 2.24) is 14.7 Å². The van der Waals surface area contributed by atoms with Crippen LogP contribution in [0.3, 0.4) is 0 Å². The predicted octanol–water partition coefficient (Wildman–Crippen LogP) is 1.64. The standard InChI is InChI=1S/C11H21N3O2.C2H6/c1-4-13(11(16)12(2)3)8-10-6-5-7-14(10)9-15;1-2/h9-10H,4-8H2,1-3H3;1-2H3/t10-;/m0./s1. The summed E-state index contributed by atoms with van der Waals surface area (Å²) in [5.74, 6) is 0. The van der Waals surface area contributed by atoms with E-state index >= 15 is 0 Å². The third-order valence-corrected chi connectivity index (χ3v) is 3.02. The number of carbonyl (C=O) groups is 2. The molecule has 0 aromatic carbocycles. The van der Waals surface area contributed by atoms with Crippen molar-refractivity contribution in [1.29, 1.82) is 0 Å². The molecule has 1 fully saturated rings. The molecule has 1 aliphatic heterocycles. The molecule has 0 spiro atoms. The number of nitrogens with zero attached hydrogens (tertiary/aromatic N) is 3. The largest absolute Gasteiger partial charge is 0.340 e. The first-order valence-electron chi connectivity index (χ1n) is 6.77. The minimum atomic E-state index is 0.0141. The molecule has 1 aliphatic rings. The summed E-state index contributed by atoms with van der Waals surface area (Å²) < 4.78 is 0. The van der Waals surface area contributed by atoms with E-state index < -0.39 is 0 Å². The Morgan fingerprint density at radius 2 is 2.00 bits per heavy atom. The molecule has 5 heteroatoms. The first-order valence-corrected chi connectivity index (χ1v) is 6.77. The summed E-state index contributed by atoms with van der Waals surface area (Å²) in [4.78, 5) is 27.8. The van der Waals surface area contributed by atoms with Gasteiger partial charge in [-0.25, -0.2) is 4.79 Å². The van der Waals surface area contributed by atoms with E-state index in [2.05, 4.69) is 0 Å². The van der Waals surface area contributed by atoms with Gasteiger partial charge in [-0.15, -0.1) is 0 Å². The molecule has 1 saturated heterocycles. The van der Waals surface area contributed by atoms with E-state index in [1.54, 1.807) is 28.8 Å². The van der Waals surface area contributed by atoms with E-state index in [9.17, 15) is 9.59 Å². The van der Waals surface area contributed by atoms with Crippen molar-refractivity contribution in [2.45, 2.75) is 39.7 Å². The Labute approximate surface area is 111 Å². The average molecular weight is 257 g/mol. The molecule has 0 aromatic rings. The number of urea groups is 1. The van der Waals surface area contributed by atoms with Gasteiger partial charge in [0.15, 0.2) is 0 Å². The molecule has 0 saturated carbocycles. The second-order valence-corrected chi connectivity index (χ2v) is 4.35. The summed E-state index contributed by atoms with van der Waals surface area (Å²) in [5.41, 5.74) is 0. The lowest BCUT2D eigenvalue weighted by Gasteiger charge is -2.30. The van der Waals surface area contributed by atoms with Gasteiger partial charge in [-0.2, -0.15) is 0 Å². The molecule has 0 unspecified atom stereocenters. The SMILES string of the molecule is CC.CCN(C[C@@H]1CCCN1C=O)C(=O)N(C)C. The molecule has 106 valence electrons. The van der Waals surface area contributed by atoms with Gasteiger partial charge in [-0.1, -0.05) is 13.8 Å². The zero-order chi connectivity index (χ0) is 14.1. The smallest absolute Gasteiger partial charge is 0.319 e. The summed E-state index contributed by atoms with van der Waals surface area (Å²) in [6.07, 6.45) is 2.93. The third kappa shape index (κ3) is 4.55. The van der Waals surface area contributed by atoms with E-state index in [0.717, 1.165) is 25.8 Å². The summed E-state index contributed by atoms with van der Waals surface area (Å²) in [7, 11) is 3.49. The Balaban J connectivity index is 0.00000137. The Morgan fingerprint density at radius 3 is 2.44 bits per heavy atom. The molecule has 5 nitrogen and oxygen atoms in total. The van der Waals surface area contributed by atoms with E-state index in [4.69, 9.17) is 0 Å². The maximum Gasteiger partial charge on any atom is 0.319 e. The van der Waals surface area contributed by atoms with Crippen LogP contribution in [0.15, 0.2) is 0 Å². The van der Waals surface area contributed by atoms with Crippen molar-refractivity contribution in [3.63, 3.8) is 0 Å². The van der Waals surface area contributed by atoms with Crippen LogP contribution in [0.5, 0.6) is 0 Å². The predicted molar refractivity (Wildman–Crippen MR) is 73.5 cm³/mol. The van der Waals surface area contributed by atoms with Crippen LogP contribution in [0.1, 0.15) is 33.6 Å². The lowest BCUT2D eigenvalue weighted by atomic mass is 10.2. The van der Waals surface area contributed by atoms with Gasteiger partial charge in [-0.3, -0.25) is 4.79 Å². The Bertz CT molecular complexity index is 257. The molecule has 3 amide bonds. The number of rotatable bonds is 4. The molecular weight excluding hydrogens is 230 g/mol. The van der Waals surface area contributed by atoms with Crippen molar-refractivity contribution >= 4 is 12.4 Å². The van der Waals surface area contributed by atoms with Gasteiger partial charge in [0.1, 0.15) is 0 Å². The number of likely N-dealkylation sites (N-methyl/N-ethyl adjacent to an activating group) is 1. The monoisotopic (exact) mass is 257 g/mol. The highest BCUT2D eigenvalue weighted by Crippen LogP contribution is 2.16. The third-order valence-electron chi connectivity index (χ3n) is 3.02. The van der Waals surface area contributed by atoms with Crippen LogP contribution in [-0.2, 0) is 4.79 Å². The fraction of sp³-hybridized carbons (Fsp3) is 0.846. The normalized spacial score (nSPS) is 17.8. The van der Waals surface area contributed by atoms with E-state index in [0.29, 0.717) is 13.1 Å². The van der Waals surface area contributed by atoms with Gasteiger partial charge >= 0.3 is 6.03 Å². The number of hydrogen-bond acceptors (Lipinski definition) is 2. The van der Waals surface area contributed by atoms with E-state index in [-0.39, 0.29) is 12.1 Å². The van der Waals surface area contributed by atoms with Crippen molar-refractivity contribution in [2.75, 3.05) is 33.7 Å². The summed E-state index contributed by atoms with van der Waals surface area (Å²) in [6, 6.07) is 0.210. The number of amides is 3. The fourth-order valence-electron chi connectivity index (χ4n) is 2.07. The van der Waals surface area contributed by atoms with Gasteiger partial charge in [0.25, 0.3) is 0 Å². The second-order valence-electron chi connectivity index (χ2n) is 4.35. The quantitative estimate of drug-likeness (QED) is 0.719. The van der Waals surface area contributed by atoms with Gasteiger partial charge in [-0.05, 0) is 19.8 Å². The Hall–Kier alpha value is -1.26. The van der Waals surface area contributed by atoms with Crippen LogP contribution < -0.4 is 0 Å². The molecular formula is C13H27N3O2. The van der Waals surface area contributed by atoms with Gasteiger partial charge in [0, 0.05) is 39.8 Å². The molecule has 0 radical (unpaired) electrons. The van der Waals surface area contributed by atoms with Crippen LogP contribution in [0.4, 0.5) is 4.79 Å². The van der Waals surface area contributed by atoms with Crippen LogP contribution >= 0.6 is 0 Å². The zero-order valence-electron chi connectivity index (χ0n) is 12.3. The highest BCUT2D eigenvalue weighted by molar-refractivity contribution is 5.73. The second kappa shape index (κ2) is 8.78. The highest BCUT2D eigenvalue weighted by atomic mass is 16.2. The van der Waals surface area contributed by atoms with Gasteiger partial charge in [0.2, 0.25) is 6.41 Å². The Kier molecular flexibility index (Phi) is 8.16. The lowest BCUT2D eigenvalue weighted by molar-refractivity contribution is -0.119. The minimum absolute atomic E-state index is 0.0141. The lowest BCUT2D eigenvalue weighted by Crippen LogP contribution is -2.46. The maximum atomic E-state index is 11.8. The van der Waals surface area contributed by atoms with Crippen LogP contribution in [0, 0.1) is 0 Å². The van der Waals surface area contributed by atoms with Crippen LogP contribution in [-0.4, -0.2) is 66.9 Å². The molecule has 0 bridgehead atoms. The summed E-state index contributed by atoms with van der Waals surface area (Å²) >= 11 is 0. The average Bonchev–Trinajstić information content (AvgIpc) is 2.84. The van der Waals surface area contributed by atoms with E-state index in [1.807, 2.05) is 20.8 Å². The van der Waals surface area contributed by atoms with Crippen molar-refractivity contribution < 1.29 is 9.59 Å². The Morgan fingerprint density at radius 1 is 1.39 bits per heavy atom. The minimum Gasteiger partial charge on any atom is -0.340 e. The molecule has 1 rings (SSSR count). The van der Waals surface area contributed by atoms with Crippen molar-refractivity contribution in [2.24, 2.45) is 0 Å². The topological polar surface area (TPSA) is 43.9 Å². The van der Waals surface area contributed by atoms with Crippen molar-refractivity contribution in [3.05, 3.63) is 0 Å². The van der Waals surface area contributed by atoms with Gasteiger partial charge < -0.3 is 14.7 Å². The first kappa shape index (κ1) is 16.7. The van der Waals surface area contributed by atoms with Gasteiger partial charge in [0.05, 0.1) is 0 Å². The number of carbonyl (C=O) groups excluding carboxylic acids is 2. The molecule has 0 aliphatic carbocycles. The number of likely N-dealkylation sites (tertiary alicyclic amines) is 1. The molecule has 0 aromatic heterocycles. The zero-order valence-corrected chi connectivity index (χ0v) is 12.3. The number of hydrogen-bond donors (Lipinski definition) is 0. The molecule has 1 heterocycles. The highest BCUT2D eigenvalue weighted by Gasteiger charge is 2.26. The molecule has 18 heavy (non-hydrogen) atoms. The van der Waals surface area contributed by atoms with Crippen molar-refractivity contribution in [3.8, 4) is 0 Å². The van der Waals surface area contributed by atoms with Crippen LogP contribution in [0.2, 0.25) is 0 Å². The molecule has 1 atom stereocenters. The molecule has 0 N–H and O–H groups in total. The summed E-state index contributed by atoms with van der Waals surface area (Å²) in [5, 5.41) is 0. The van der Waals surface area contributed by atoms with E-state index in [1.165, 1.54) is 0 Å². The fourth-order valence-corrected chi connectivity index (χ4v) is 2.07. The maximum absolute atomic E-state index is 11.8.